The number of carbonyl (C=O) groups excluding carboxylic acids is 1. The van der Waals surface area contributed by atoms with Crippen LogP contribution in [0.4, 0.5) is 15.8 Å². The third-order valence-electron chi connectivity index (χ3n) is 2.98. The van der Waals surface area contributed by atoms with Crippen LogP contribution in [0.3, 0.4) is 0 Å². The molecule has 1 amide bonds. The molecular weight excluding hydrogens is 283 g/mol. The lowest BCUT2D eigenvalue weighted by Crippen LogP contribution is -2.31. The van der Waals surface area contributed by atoms with Crippen molar-refractivity contribution in [1.29, 1.82) is 0 Å². The van der Waals surface area contributed by atoms with Gasteiger partial charge in [-0.3, -0.25) is 9.78 Å². The van der Waals surface area contributed by atoms with Crippen molar-refractivity contribution in [3.8, 4) is 0 Å². The second-order valence-corrected chi connectivity index (χ2v) is 5.15. The Kier molecular flexibility index (Phi) is 5.43. The summed E-state index contributed by atoms with van der Waals surface area (Å²) >= 11 is 0. The van der Waals surface area contributed by atoms with Crippen LogP contribution in [0, 0.1) is 5.82 Å². The summed E-state index contributed by atoms with van der Waals surface area (Å²) in [5, 5.41) is 5.91. The molecule has 2 N–H and O–H groups in total. The van der Waals surface area contributed by atoms with Crippen molar-refractivity contribution in [1.82, 2.24) is 15.2 Å². The van der Waals surface area contributed by atoms with Gasteiger partial charge in [0.15, 0.2) is 0 Å². The third-order valence-corrected chi connectivity index (χ3v) is 2.98. The van der Waals surface area contributed by atoms with E-state index >= 15 is 0 Å². The van der Waals surface area contributed by atoms with Gasteiger partial charge in [-0.2, -0.15) is 0 Å². The Morgan fingerprint density at radius 3 is 2.59 bits per heavy atom. The first kappa shape index (κ1) is 15.9. The SMILES string of the molecule is CN(C)CCNC(=O)c1cncc(Nc2ccc(F)cc2)c1. The highest BCUT2D eigenvalue weighted by molar-refractivity contribution is 5.94. The van der Waals surface area contributed by atoms with Crippen LogP contribution in [0.1, 0.15) is 10.4 Å². The number of halogens is 1. The summed E-state index contributed by atoms with van der Waals surface area (Å²) in [4.78, 5) is 18.1. The quantitative estimate of drug-likeness (QED) is 0.859. The molecule has 0 atom stereocenters. The molecule has 0 spiro atoms. The number of hydrogen-bond acceptors (Lipinski definition) is 4. The monoisotopic (exact) mass is 302 g/mol. The van der Waals surface area contributed by atoms with Crippen molar-refractivity contribution in [2.24, 2.45) is 0 Å². The molecule has 0 aliphatic heterocycles. The van der Waals surface area contributed by atoms with Gasteiger partial charge in [0.05, 0.1) is 17.4 Å². The van der Waals surface area contributed by atoms with Crippen molar-refractivity contribution in [3.63, 3.8) is 0 Å². The molecular formula is C16H19FN4O. The van der Waals surface area contributed by atoms with Crippen LogP contribution >= 0.6 is 0 Å². The highest BCUT2D eigenvalue weighted by Crippen LogP contribution is 2.17. The smallest absolute Gasteiger partial charge is 0.252 e. The highest BCUT2D eigenvalue weighted by atomic mass is 19.1. The normalized spacial score (nSPS) is 10.5. The summed E-state index contributed by atoms with van der Waals surface area (Å²) in [5.41, 5.74) is 1.88. The van der Waals surface area contributed by atoms with Crippen LogP contribution in [0.15, 0.2) is 42.7 Å². The zero-order valence-electron chi connectivity index (χ0n) is 12.6. The van der Waals surface area contributed by atoms with E-state index in [9.17, 15) is 9.18 Å². The summed E-state index contributed by atoms with van der Waals surface area (Å²) in [5.74, 6) is -0.463. The summed E-state index contributed by atoms with van der Waals surface area (Å²) in [7, 11) is 3.89. The molecule has 0 fully saturated rings. The van der Waals surface area contributed by atoms with Gasteiger partial charge < -0.3 is 15.5 Å². The molecule has 0 aliphatic carbocycles. The summed E-state index contributed by atoms with van der Waals surface area (Å²) in [6.07, 6.45) is 3.13. The molecule has 2 rings (SSSR count). The van der Waals surface area contributed by atoms with Crippen molar-refractivity contribution >= 4 is 17.3 Å². The lowest BCUT2D eigenvalue weighted by atomic mass is 10.2. The molecule has 0 bridgehead atoms. The highest BCUT2D eigenvalue weighted by Gasteiger charge is 2.07. The van der Waals surface area contributed by atoms with E-state index in [1.807, 2.05) is 19.0 Å². The lowest BCUT2D eigenvalue weighted by Gasteiger charge is -2.11. The molecule has 0 saturated heterocycles. The zero-order valence-corrected chi connectivity index (χ0v) is 12.6. The van der Waals surface area contributed by atoms with Gasteiger partial charge in [0.25, 0.3) is 5.91 Å². The van der Waals surface area contributed by atoms with Gasteiger partial charge in [-0.1, -0.05) is 0 Å². The molecule has 5 nitrogen and oxygen atoms in total. The van der Waals surface area contributed by atoms with E-state index < -0.39 is 0 Å². The first-order chi connectivity index (χ1) is 10.5. The van der Waals surface area contributed by atoms with E-state index in [0.29, 0.717) is 17.8 Å². The Morgan fingerprint density at radius 1 is 1.18 bits per heavy atom. The molecule has 1 aromatic carbocycles. The Balaban J connectivity index is 2.00. The minimum absolute atomic E-state index is 0.169. The Labute approximate surface area is 129 Å². The van der Waals surface area contributed by atoms with Crippen molar-refractivity contribution in [3.05, 3.63) is 54.1 Å². The fraction of sp³-hybridized carbons (Fsp3) is 0.250. The fourth-order valence-electron chi connectivity index (χ4n) is 1.83. The van der Waals surface area contributed by atoms with Crippen LogP contribution in [-0.2, 0) is 0 Å². The third kappa shape index (κ3) is 4.82. The van der Waals surface area contributed by atoms with Crippen LogP contribution in [0.25, 0.3) is 0 Å². The van der Waals surface area contributed by atoms with Crippen LogP contribution < -0.4 is 10.6 Å². The largest absolute Gasteiger partial charge is 0.354 e. The number of pyridine rings is 1. The second-order valence-electron chi connectivity index (χ2n) is 5.15. The fourth-order valence-corrected chi connectivity index (χ4v) is 1.83. The number of nitrogens with zero attached hydrogens (tertiary/aromatic N) is 2. The van der Waals surface area contributed by atoms with Crippen LogP contribution in [0.5, 0.6) is 0 Å². The zero-order chi connectivity index (χ0) is 15.9. The Morgan fingerprint density at radius 2 is 1.91 bits per heavy atom. The van der Waals surface area contributed by atoms with Crippen molar-refractivity contribution in [2.75, 3.05) is 32.5 Å². The number of nitrogens with one attached hydrogen (secondary N) is 2. The summed E-state index contributed by atoms with van der Waals surface area (Å²) in [6.45, 7) is 1.34. The number of benzene rings is 1. The second kappa shape index (κ2) is 7.51. The van der Waals surface area contributed by atoms with Crippen molar-refractivity contribution < 1.29 is 9.18 Å². The first-order valence-electron chi connectivity index (χ1n) is 6.95. The number of hydrogen-bond donors (Lipinski definition) is 2. The lowest BCUT2D eigenvalue weighted by molar-refractivity contribution is 0.0950. The molecule has 2 aromatic rings. The van der Waals surface area contributed by atoms with E-state index in [4.69, 9.17) is 0 Å². The average Bonchev–Trinajstić information content (AvgIpc) is 2.49. The molecule has 0 radical (unpaired) electrons. The number of amides is 1. The molecule has 0 aliphatic rings. The number of carbonyl (C=O) groups is 1. The molecule has 22 heavy (non-hydrogen) atoms. The maximum Gasteiger partial charge on any atom is 0.252 e. The number of likely N-dealkylation sites (N-methyl/N-ethyl adjacent to an activating group) is 1. The predicted molar refractivity (Wildman–Crippen MR) is 84.8 cm³/mol. The standard InChI is InChI=1S/C16H19FN4O/c1-21(2)8-7-19-16(22)12-9-15(11-18-10-12)20-14-5-3-13(17)4-6-14/h3-6,9-11,20H,7-8H2,1-2H3,(H,19,22). The maximum atomic E-state index is 12.9. The Bertz CT molecular complexity index is 628. The maximum absolute atomic E-state index is 12.9. The van der Waals surface area contributed by atoms with E-state index in [1.54, 1.807) is 24.4 Å². The van der Waals surface area contributed by atoms with E-state index in [0.717, 1.165) is 12.2 Å². The van der Waals surface area contributed by atoms with Gasteiger partial charge in [-0.15, -0.1) is 0 Å². The molecule has 1 aromatic heterocycles. The minimum Gasteiger partial charge on any atom is -0.354 e. The van der Waals surface area contributed by atoms with E-state index in [2.05, 4.69) is 15.6 Å². The first-order valence-corrected chi connectivity index (χ1v) is 6.95. The number of aromatic nitrogens is 1. The molecule has 116 valence electrons. The number of anilines is 2. The topological polar surface area (TPSA) is 57.3 Å². The molecule has 0 saturated carbocycles. The predicted octanol–water partition coefficient (Wildman–Crippen LogP) is 2.26. The molecule has 6 heteroatoms. The van der Waals surface area contributed by atoms with Gasteiger partial charge >= 0.3 is 0 Å². The number of rotatable bonds is 6. The minimum atomic E-state index is -0.294. The van der Waals surface area contributed by atoms with Crippen molar-refractivity contribution in [2.45, 2.75) is 0 Å². The van der Waals surface area contributed by atoms with Gasteiger partial charge in [0.2, 0.25) is 0 Å². The van der Waals surface area contributed by atoms with Gasteiger partial charge in [0.1, 0.15) is 5.82 Å². The van der Waals surface area contributed by atoms with Gasteiger partial charge in [-0.25, -0.2) is 4.39 Å². The molecule has 0 unspecified atom stereocenters. The Hall–Kier alpha value is -2.47. The van der Waals surface area contributed by atoms with Gasteiger partial charge in [-0.05, 0) is 44.4 Å². The van der Waals surface area contributed by atoms with Crippen LogP contribution in [0.2, 0.25) is 0 Å². The average molecular weight is 302 g/mol. The van der Waals surface area contributed by atoms with E-state index in [-0.39, 0.29) is 11.7 Å². The molecule has 1 heterocycles. The summed E-state index contributed by atoms with van der Waals surface area (Å²) < 4.78 is 12.9. The van der Waals surface area contributed by atoms with E-state index in [1.165, 1.54) is 18.3 Å². The van der Waals surface area contributed by atoms with Gasteiger partial charge in [0, 0.05) is 25.0 Å². The summed E-state index contributed by atoms with van der Waals surface area (Å²) in [6, 6.07) is 7.70. The van der Waals surface area contributed by atoms with Crippen LogP contribution in [-0.4, -0.2) is 43.0 Å².